The molecule has 146 valence electrons. The van der Waals surface area contributed by atoms with Gasteiger partial charge in [0, 0.05) is 18.9 Å². The molecule has 0 saturated carbocycles. The molecule has 0 unspecified atom stereocenters. The van der Waals surface area contributed by atoms with E-state index in [2.05, 4.69) is 35.0 Å². The van der Waals surface area contributed by atoms with E-state index in [-0.39, 0.29) is 23.4 Å². The van der Waals surface area contributed by atoms with Crippen LogP contribution >= 0.6 is 11.6 Å². The Morgan fingerprint density at radius 2 is 2.04 bits per heavy atom. The molecule has 0 aliphatic heterocycles. The average molecular weight is 399 g/mol. The van der Waals surface area contributed by atoms with Gasteiger partial charge in [0.2, 0.25) is 0 Å². The fourth-order valence-electron chi connectivity index (χ4n) is 2.96. The summed E-state index contributed by atoms with van der Waals surface area (Å²) >= 11 is 6.10. The lowest BCUT2D eigenvalue weighted by atomic mass is 10.0. The normalized spacial score (nSPS) is 10.9. The van der Waals surface area contributed by atoms with Crippen LogP contribution in [0.15, 0.2) is 30.5 Å². The number of anilines is 2. The quantitative estimate of drug-likeness (QED) is 0.706. The minimum Gasteiger partial charge on any atom is -0.381 e. The number of hydrogen-bond donors (Lipinski definition) is 1. The second-order valence-electron chi connectivity index (χ2n) is 6.66. The number of nitrogen functional groups attached to an aromatic ring is 1. The standard InChI is InChI=1S/C20H23ClN6O/c1-5-6-14-11-15(8-7-12(14)2)26(4)19(28)16-9-10-23-20(24-16)27-13(3)17(21)18(22)25-27/h7-11H,5-6H2,1-4H3,(H2,22,25). The zero-order valence-corrected chi connectivity index (χ0v) is 17.2. The molecule has 0 spiro atoms. The molecule has 0 fully saturated rings. The molecular formula is C20H23ClN6O. The van der Waals surface area contributed by atoms with E-state index in [4.69, 9.17) is 17.3 Å². The van der Waals surface area contributed by atoms with Crippen molar-refractivity contribution < 1.29 is 4.79 Å². The summed E-state index contributed by atoms with van der Waals surface area (Å²) in [5.41, 5.74) is 9.91. The monoisotopic (exact) mass is 398 g/mol. The van der Waals surface area contributed by atoms with Gasteiger partial charge in [0.15, 0.2) is 5.82 Å². The molecule has 0 saturated heterocycles. The Labute approximate surface area is 169 Å². The van der Waals surface area contributed by atoms with Crippen molar-refractivity contribution in [2.45, 2.75) is 33.6 Å². The van der Waals surface area contributed by atoms with Gasteiger partial charge in [-0.05, 0) is 49.6 Å². The number of nitrogens with two attached hydrogens (primary N) is 1. The molecule has 0 aliphatic carbocycles. The van der Waals surface area contributed by atoms with E-state index in [0.717, 1.165) is 18.5 Å². The Morgan fingerprint density at radius 3 is 2.68 bits per heavy atom. The fraction of sp³-hybridized carbons (Fsp3) is 0.300. The van der Waals surface area contributed by atoms with E-state index in [1.165, 1.54) is 22.0 Å². The van der Waals surface area contributed by atoms with Crippen molar-refractivity contribution in [3.05, 3.63) is 58.0 Å². The van der Waals surface area contributed by atoms with E-state index in [0.29, 0.717) is 10.7 Å². The number of benzene rings is 1. The Morgan fingerprint density at radius 1 is 1.29 bits per heavy atom. The number of nitrogens with zero attached hydrogens (tertiary/aromatic N) is 5. The SMILES string of the molecule is CCCc1cc(N(C)C(=O)c2ccnc(-n3nc(N)c(Cl)c3C)n2)ccc1C. The molecule has 1 amide bonds. The van der Waals surface area contributed by atoms with Gasteiger partial charge in [-0.3, -0.25) is 4.79 Å². The molecule has 0 radical (unpaired) electrons. The molecule has 1 aromatic carbocycles. The second-order valence-corrected chi connectivity index (χ2v) is 7.04. The van der Waals surface area contributed by atoms with Crippen LogP contribution in [0.4, 0.5) is 11.5 Å². The van der Waals surface area contributed by atoms with E-state index in [1.807, 2.05) is 12.1 Å². The maximum atomic E-state index is 13.0. The first kappa shape index (κ1) is 19.8. The molecule has 3 aromatic rings. The molecule has 8 heteroatoms. The van der Waals surface area contributed by atoms with Crippen molar-refractivity contribution in [2.24, 2.45) is 0 Å². The maximum Gasteiger partial charge on any atom is 0.276 e. The first-order valence-corrected chi connectivity index (χ1v) is 9.42. The van der Waals surface area contributed by atoms with Gasteiger partial charge >= 0.3 is 0 Å². The summed E-state index contributed by atoms with van der Waals surface area (Å²) in [6.07, 6.45) is 3.54. The highest BCUT2D eigenvalue weighted by Crippen LogP contribution is 2.24. The van der Waals surface area contributed by atoms with Crippen LogP contribution in [-0.2, 0) is 6.42 Å². The Balaban J connectivity index is 1.92. The molecule has 7 nitrogen and oxygen atoms in total. The lowest BCUT2D eigenvalue weighted by Crippen LogP contribution is -2.27. The zero-order chi connectivity index (χ0) is 20.4. The van der Waals surface area contributed by atoms with Gasteiger partial charge in [0.25, 0.3) is 11.9 Å². The largest absolute Gasteiger partial charge is 0.381 e. The number of aryl methyl sites for hydroxylation is 2. The lowest BCUT2D eigenvalue weighted by Gasteiger charge is -2.19. The van der Waals surface area contributed by atoms with Crippen LogP contribution in [0, 0.1) is 13.8 Å². The summed E-state index contributed by atoms with van der Waals surface area (Å²) in [5, 5.41) is 4.49. The van der Waals surface area contributed by atoms with Crippen molar-refractivity contribution in [3.63, 3.8) is 0 Å². The number of amides is 1. The van der Waals surface area contributed by atoms with Gasteiger partial charge in [0.1, 0.15) is 10.7 Å². The number of carbonyl (C=O) groups is 1. The van der Waals surface area contributed by atoms with Crippen LogP contribution in [0.3, 0.4) is 0 Å². The Kier molecular flexibility index (Phi) is 5.65. The summed E-state index contributed by atoms with van der Waals surface area (Å²) in [6.45, 7) is 5.98. The Hall–Kier alpha value is -2.93. The lowest BCUT2D eigenvalue weighted by molar-refractivity contribution is 0.0988. The van der Waals surface area contributed by atoms with Gasteiger partial charge < -0.3 is 10.6 Å². The predicted octanol–water partition coefficient (Wildman–Crippen LogP) is 3.74. The number of carbonyl (C=O) groups excluding carboxylic acids is 1. The third kappa shape index (κ3) is 3.71. The molecule has 0 bridgehead atoms. The molecule has 0 aliphatic rings. The topological polar surface area (TPSA) is 89.9 Å². The minimum atomic E-state index is -0.237. The van der Waals surface area contributed by atoms with Crippen molar-refractivity contribution in [2.75, 3.05) is 17.7 Å². The molecule has 2 N–H and O–H groups in total. The molecule has 3 rings (SSSR count). The van der Waals surface area contributed by atoms with Crippen LogP contribution in [0.2, 0.25) is 5.02 Å². The van der Waals surface area contributed by atoms with Crippen LogP contribution in [0.5, 0.6) is 0 Å². The number of aromatic nitrogens is 4. The van der Waals surface area contributed by atoms with E-state index in [9.17, 15) is 4.79 Å². The number of hydrogen-bond acceptors (Lipinski definition) is 5. The summed E-state index contributed by atoms with van der Waals surface area (Å²) in [7, 11) is 1.73. The summed E-state index contributed by atoms with van der Waals surface area (Å²) in [6, 6.07) is 7.60. The first-order chi connectivity index (χ1) is 13.3. The van der Waals surface area contributed by atoms with Gasteiger partial charge in [-0.1, -0.05) is 31.0 Å². The third-order valence-electron chi connectivity index (χ3n) is 4.66. The average Bonchev–Trinajstić information content (AvgIpc) is 2.96. The minimum absolute atomic E-state index is 0.194. The van der Waals surface area contributed by atoms with Crippen molar-refractivity contribution >= 4 is 29.0 Å². The summed E-state index contributed by atoms with van der Waals surface area (Å²) in [5.74, 6) is 0.199. The highest BCUT2D eigenvalue weighted by atomic mass is 35.5. The highest BCUT2D eigenvalue weighted by molar-refractivity contribution is 6.33. The zero-order valence-electron chi connectivity index (χ0n) is 16.4. The second kappa shape index (κ2) is 7.98. The Bertz CT molecular complexity index is 1030. The van der Waals surface area contributed by atoms with Crippen LogP contribution in [-0.4, -0.2) is 32.7 Å². The van der Waals surface area contributed by atoms with Gasteiger partial charge in [0.05, 0.1) is 5.69 Å². The van der Waals surface area contributed by atoms with E-state index in [1.54, 1.807) is 24.9 Å². The van der Waals surface area contributed by atoms with E-state index >= 15 is 0 Å². The van der Waals surface area contributed by atoms with E-state index < -0.39 is 0 Å². The van der Waals surface area contributed by atoms with Crippen molar-refractivity contribution in [3.8, 4) is 5.95 Å². The number of rotatable bonds is 5. The van der Waals surface area contributed by atoms with Crippen LogP contribution in [0.1, 0.15) is 40.7 Å². The van der Waals surface area contributed by atoms with Gasteiger partial charge in [-0.25, -0.2) is 9.97 Å². The molecular weight excluding hydrogens is 376 g/mol. The smallest absolute Gasteiger partial charge is 0.276 e. The van der Waals surface area contributed by atoms with Gasteiger partial charge in [-0.2, -0.15) is 4.68 Å². The molecule has 0 atom stereocenters. The number of halogens is 1. The maximum absolute atomic E-state index is 13.0. The molecule has 2 aromatic heterocycles. The third-order valence-corrected chi connectivity index (χ3v) is 5.13. The molecule has 2 heterocycles. The van der Waals surface area contributed by atoms with Crippen LogP contribution < -0.4 is 10.6 Å². The van der Waals surface area contributed by atoms with Gasteiger partial charge in [-0.15, -0.1) is 5.10 Å². The molecule has 28 heavy (non-hydrogen) atoms. The van der Waals surface area contributed by atoms with Crippen molar-refractivity contribution in [1.82, 2.24) is 19.7 Å². The highest BCUT2D eigenvalue weighted by Gasteiger charge is 2.19. The first-order valence-electron chi connectivity index (χ1n) is 9.05. The fourth-order valence-corrected chi connectivity index (χ4v) is 3.08. The van der Waals surface area contributed by atoms with Crippen molar-refractivity contribution in [1.29, 1.82) is 0 Å². The summed E-state index contributed by atoms with van der Waals surface area (Å²) < 4.78 is 1.43. The predicted molar refractivity (Wildman–Crippen MR) is 111 cm³/mol. The van der Waals surface area contributed by atoms with Crippen LogP contribution in [0.25, 0.3) is 5.95 Å². The summed E-state index contributed by atoms with van der Waals surface area (Å²) in [4.78, 5) is 23.1.